The molecule has 3 heteroatoms. The first-order valence-corrected chi connectivity index (χ1v) is 6.72. The van der Waals surface area contributed by atoms with Crippen molar-refractivity contribution in [1.29, 1.82) is 0 Å². The zero-order valence-electron chi connectivity index (χ0n) is 12.8. The Bertz CT molecular complexity index is 337. The van der Waals surface area contributed by atoms with E-state index in [1.165, 1.54) is 12.0 Å². The molecule has 0 bridgehead atoms. The van der Waals surface area contributed by atoms with Gasteiger partial charge in [0.25, 0.3) is 5.69 Å². The summed E-state index contributed by atoms with van der Waals surface area (Å²) in [6, 6.07) is 3.26. The van der Waals surface area contributed by atoms with Gasteiger partial charge in [0.15, 0.2) is 0 Å². The number of hydrogen-bond donors (Lipinski definition) is 0. The predicted molar refractivity (Wildman–Crippen MR) is 79.3 cm³/mol. The summed E-state index contributed by atoms with van der Waals surface area (Å²) in [5.41, 5.74) is 3.42. The second-order valence-corrected chi connectivity index (χ2v) is 3.88. The molecule has 0 aliphatic carbocycles. The van der Waals surface area contributed by atoms with Gasteiger partial charge in [0.05, 0.1) is 4.92 Å². The second kappa shape index (κ2) is 10.8. The van der Waals surface area contributed by atoms with Gasteiger partial charge in [-0.1, -0.05) is 41.0 Å². The second-order valence-electron chi connectivity index (χ2n) is 3.88. The molecule has 1 rings (SSSR count). The van der Waals surface area contributed by atoms with Gasteiger partial charge in [-0.3, -0.25) is 10.1 Å². The topological polar surface area (TPSA) is 43.1 Å². The Morgan fingerprint density at radius 1 is 1.06 bits per heavy atom. The Kier molecular flexibility index (Phi) is 11.3. The van der Waals surface area contributed by atoms with E-state index in [-0.39, 0.29) is 10.6 Å². The Morgan fingerprint density at radius 2 is 1.39 bits per heavy atom. The SMILES string of the molecule is CC.CCC.CCc1c(C)cc([N+](=O)[O-])cc1C. The summed E-state index contributed by atoms with van der Waals surface area (Å²) < 4.78 is 0. The van der Waals surface area contributed by atoms with Crippen LogP contribution in [0.25, 0.3) is 0 Å². The Labute approximate surface area is 111 Å². The summed E-state index contributed by atoms with van der Waals surface area (Å²) >= 11 is 0. The maximum atomic E-state index is 10.5. The van der Waals surface area contributed by atoms with E-state index in [0.29, 0.717) is 0 Å². The van der Waals surface area contributed by atoms with Gasteiger partial charge < -0.3 is 0 Å². The third-order valence-corrected chi connectivity index (χ3v) is 2.25. The summed E-state index contributed by atoms with van der Waals surface area (Å²) in [6.07, 6.45) is 2.18. The van der Waals surface area contributed by atoms with Crippen molar-refractivity contribution in [3.05, 3.63) is 38.9 Å². The van der Waals surface area contributed by atoms with Crippen molar-refractivity contribution in [2.75, 3.05) is 0 Å². The third kappa shape index (κ3) is 6.38. The number of rotatable bonds is 2. The first-order chi connectivity index (χ1) is 8.47. The van der Waals surface area contributed by atoms with Crippen LogP contribution in [0.3, 0.4) is 0 Å². The summed E-state index contributed by atoms with van der Waals surface area (Å²) in [5, 5.41) is 10.5. The van der Waals surface area contributed by atoms with Gasteiger partial charge in [0.1, 0.15) is 0 Å². The molecule has 0 aliphatic heterocycles. The van der Waals surface area contributed by atoms with Crippen molar-refractivity contribution in [3.8, 4) is 0 Å². The minimum absolute atomic E-state index is 0.187. The van der Waals surface area contributed by atoms with Gasteiger partial charge in [0, 0.05) is 12.1 Å². The highest BCUT2D eigenvalue weighted by molar-refractivity contribution is 5.44. The van der Waals surface area contributed by atoms with Crippen LogP contribution >= 0.6 is 0 Å². The zero-order valence-corrected chi connectivity index (χ0v) is 12.8. The number of hydrogen-bond acceptors (Lipinski definition) is 2. The van der Waals surface area contributed by atoms with Crippen molar-refractivity contribution in [1.82, 2.24) is 0 Å². The van der Waals surface area contributed by atoms with Gasteiger partial charge in [-0.15, -0.1) is 0 Å². The van der Waals surface area contributed by atoms with E-state index >= 15 is 0 Å². The molecule has 0 heterocycles. The van der Waals surface area contributed by atoms with Crippen molar-refractivity contribution >= 4 is 5.69 Å². The minimum Gasteiger partial charge on any atom is -0.258 e. The van der Waals surface area contributed by atoms with Crippen LogP contribution in [-0.2, 0) is 6.42 Å². The molecule has 0 amide bonds. The van der Waals surface area contributed by atoms with Gasteiger partial charge in [-0.25, -0.2) is 0 Å². The number of nitrogens with zero attached hydrogens (tertiary/aromatic N) is 1. The molecule has 0 fully saturated rings. The molecule has 0 aliphatic rings. The van der Waals surface area contributed by atoms with E-state index in [2.05, 4.69) is 20.8 Å². The molecule has 0 aromatic heterocycles. The monoisotopic (exact) mass is 253 g/mol. The molecule has 0 spiro atoms. The van der Waals surface area contributed by atoms with Crippen LogP contribution in [-0.4, -0.2) is 4.92 Å². The van der Waals surface area contributed by atoms with E-state index in [1.54, 1.807) is 12.1 Å². The Hall–Kier alpha value is -1.38. The van der Waals surface area contributed by atoms with E-state index < -0.39 is 0 Å². The summed E-state index contributed by atoms with van der Waals surface area (Å²) in [4.78, 5) is 10.2. The molecule has 0 saturated heterocycles. The molecule has 0 saturated carbocycles. The molecule has 1 aromatic rings. The predicted octanol–water partition coefficient (Wildman–Crippen LogP) is 5.22. The summed E-state index contributed by atoms with van der Waals surface area (Å²) in [6.45, 7) is 14.1. The lowest BCUT2D eigenvalue weighted by atomic mass is 10.00. The molecule has 18 heavy (non-hydrogen) atoms. The lowest BCUT2D eigenvalue weighted by molar-refractivity contribution is -0.385. The largest absolute Gasteiger partial charge is 0.269 e. The number of nitro benzene ring substituents is 1. The lowest BCUT2D eigenvalue weighted by Gasteiger charge is -2.06. The van der Waals surface area contributed by atoms with Crippen LogP contribution in [0.4, 0.5) is 5.69 Å². The highest BCUT2D eigenvalue weighted by Gasteiger charge is 2.09. The maximum Gasteiger partial charge on any atom is 0.269 e. The molecule has 0 atom stereocenters. The molecule has 3 nitrogen and oxygen atoms in total. The number of non-ortho nitro benzene ring substituents is 1. The first kappa shape index (κ1) is 19.0. The van der Waals surface area contributed by atoms with Crippen LogP contribution in [0, 0.1) is 24.0 Å². The lowest BCUT2D eigenvalue weighted by Crippen LogP contribution is -1.95. The average Bonchev–Trinajstić information content (AvgIpc) is 2.32. The number of nitro groups is 1. The summed E-state index contributed by atoms with van der Waals surface area (Å²) in [5.74, 6) is 0. The molecule has 0 N–H and O–H groups in total. The Morgan fingerprint density at radius 3 is 1.61 bits per heavy atom. The fraction of sp³-hybridized carbons (Fsp3) is 0.600. The fourth-order valence-corrected chi connectivity index (χ4v) is 1.63. The molecule has 0 unspecified atom stereocenters. The standard InChI is InChI=1S/C10H13NO2.C3H8.C2H6/c1-4-10-7(2)5-9(11(12)13)6-8(10)3;1-3-2;1-2/h5-6H,4H2,1-3H3;3H2,1-2H3;1-2H3. The van der Waals surface area contributed by atoms with Gasteiger partial charge in [-0.05, 0) is 37.0 Å². The van der Waals surface area contributed by atoms with Crippen LogP contribution in [0.5, 0.6) is 0 Å². The van der Waals surface area contributed by atoms with Gasteiger partial charge >= 0.3 is 0 Å². The van der Waals surface area contributed by atoms with Gasteiger partial charge in [-0.2, -0.15) is 0 Å². The average molecular weight is 253 g/mol. The molecule has 1 aromatic carbocycles. The fourth-order valence-electron chi connectivity index (χ4n) is 1.63. The Balaban J connectivity index is 0. The normalized spacial score (nSPS) is 8.61. The highest BCUT2D eigenvalue weighted by atomic mass is 16.6. The first-order valence-electron chi connectivity index (χ1n) is 6.72. The van der Waals surface area contributed by atoms with E-state index in [1.807, 2.05) is 27.7 Å². The highest BCUT2D eigenvalue weighted by Crippen LogP contribution is 2.21. The van der Waals surface area contributed by atoms with E-state index in [9.17, 15) is 10.1 Å². The van der Waals surface area contributed by atoms with Crippen LogP contribution in [0.1, 0.15) is 57.7 Å². The number of benzene rings is 1. The molecule has 0 radical (unpaired) electrons. The van der Waals surface area contributed by atoms with Crippen molar-refractivity contribution in [2.45, 2.75) is 61.3 Å². The van der Waals surface area contributed by atoms with Crippen molar-refractivity contribution in [3.63, 3.8) is 0 Å². The number of aryl methyl sites for hydroxylation is 2. The minimum atomic E-state index is -0.348. The molecular weight excluding hydrogens is 226 g/mol. The third-order valence-electron chi connectivity index (χ3n) is 2.25. The van der Waals surface area contributed by atoms with Crippen molar-refractivity contribution < 1.29 is 4.92 Å². The van der Waals surface area contributed by atoms with Crippen LogP contribution in [0.2, 0.25) is 0 Å². The van der Waals surface area contributed by atoms with Crippen LogP contribution < -0.4 is 0 Å². The van der Waals surface area contributed by atoms with E-state index in [4.69, 9.17) is 0 Å². The molecule has 104 valence electrons. The summed E-state index contributed by atoms with van der Waals surface area (Å²) in [7, 11) is 0. The van der Waals surface area contributed by atoms with E-state index in [0.717, 1.165) is 17.5 Å². The maximum absolute atomic E-state index is 10.5. The molecular formula is C15H27NO2. The van der Waals surface area contributed by atoms with Gasteiger partial charge in [0.2, 0.25) is 0 Å². The van der Waals surface area contributed by atoms with Crippen LogP contribution in [0.15, 0.2) is 12.1 Å². The quantitative estimate of drug-likeness (QED) is 0.536. The smallest absolute Gasteiger partial charge is 0.258 e. The zero-order chi connectivity index (χ0) is 14.7. The van der Waals surface area contributed by atoms with Crippen molar-refractivity contribution in [2.24, 2.45) is 0 Å².